The molecule has 2 rings (SSSR count). The zero-order chi connectivity index (χ0) is 18.2. The smallest absolute Gasteiger partial charge is 0.239 e. The highest BCUT2D eigenvalue weighted by molar-refractivity contribution is 7.99. The summed E-state index contributed by atoms with van der Waals surface area (Å²) in [6.45, 7) is 4.88. The third-order valence-electron chi connectivity index (χ3n) is 3.50. The normalized spacial score (nSPS) is 10.5. The lowest BCUT2D eigenvalue weighted by Crippen LogP contribution is -2.36. The maximum atomic E-state index is 11.9. The Morgan fingerprint density at radius 1 is 1.24 bits per heavy atom. The summed E-state index contributed by atoms with van der Waals surface area (Å²) >= 11 is 1.32. The molecule has 134 valence electrons. The number of amides is 2. The van der Waals surface area contributed by atoms with E-state index in [4.69, 9.17) is 0 Å². The Balaban J connectivity index is 2.08. The Hall–Kier alpha value is -2.35. The predicted molar refractivity (Wildman–Crippen MR) is 98.3 cm³/mol. The van der Waals surface area contributed by atoms with Crippen LogP contribution in [0, 0.1) is 6.92 Å². The van der Waals surface area contributed by atoms with Crippen LogP contribution in [0.4, 0.5) is 0 Å². The number of aromatic nitrogens is 3. The third kappa shape index (κ3) is 5.32. The van der Waals surface area contributed by atoms with Crippen molar-refractivity contribution in [2.45, 2.75) is 32.0 Å². The molecular weight excluding hydrogens is 338 g/mol. The molecule has 0 saturated carbocycles. The van der Waals surface area contributed by atoms with Gasteiger partial charge < -0.3 is 15.2 Å². The molecule has 25 heavy (non-hydrogen) atoms. The summed E-state index contributed by atoms with van der Waals surface area (Å²) in [7, 11) is 1.53. The Morgan fingerprint density at radius 3 is 2.72 bits per heavy atom. The second kappa shape index (κ2) is 9.22. The number of hydrogen-bond donors (Lipinski definition) is 2. The molecule has 2 N–H and O–H groups in total. The van der Waals surface area contributed by atoms with Gasteiger partial charge in [0.1, 0.15) is 0 Å². The van der Waals surface area contributed by atoms with Crippen LogP contribution in [0.3, 0.4) is 0 Å². The van der Waals surface area contributed by atoms with Crippen molar-refractivity contribution in [2.75, 3.05) is 19.3 Å². The first-order chi connectivity index (χ1) is 12.0. The first-order valence-corrected chi connectivity index (χ1v) is 9.14. The van der Waals surface area contributed by atoms with Crippen LogP contribution in [0.25, 0.3) is 11.4 Å². The lowest BCUT2D eigenvalue weighted by Gasteiger charge is -2.09. The average molecular weight is 361 g/mol. The second-order valence-corrected chi connectivity index (χ2v) is 6.51. The van der Waals surface area contributed by atoms with Gasteiger partial charge in [-0.1, -0.05) is 42.4 Å². The van der Waals surface area contributed by atoms with Crippen LogP contribution >= 0.6 is 11.8 Å². The molecule has 0 radical (unpaired) electrons. The molecule has 2 amide bonds. The Kier molecular flexibility index (Phi) is 7.00. The van der Waals surface area contributed by atoms with E-state index in [-0.39, 0.29) is 24.1 Å². The molecule has 0 bridgehead atoms. The first kappa shape index (κ1) is 19.0. The number of rotatable bonds is 8. The predicted octanol–water partition coefficient (Wildman–Crippen LogP) is 1.62. The number of thioether (sulfide) groups is 1. The Labute approximate surface area is 151 Å². The van der Waals surface area contributed by atoms with Crippen molar-refractivity contribution >= 4 is 23.6 Å². The van der Waals surface area contributed by atoms with E-state index in [1.807, 2.05) is 29.7 Å². The molecule has 0 atom stereocenters. The summed E-state index contributed by atoms with van der Waals surface area (Å²) < 4.78 is 2.03. The third-order valence-corrected chi connectivity index (χ3v) is 4.46. The Bertz CT molecular complexity index is 744. The minimum absolute atomic E-state index is 0.0217. The van der Waals surface area contributed by atoms with Gasteiger partial charge in [-0.05, 0) is 19.4 Å². The summed E-state index contributed by atoms with van der Waals surface area (Å²) in [4.78, 5) is 23.0. The SMILES string of the molecule is CCCn1c(SCC(=O)NCC(=O)NC)nnc1-c1cccc(C)c1. The van der Waals surface area contributed by atoms with Gasteiger partial charge >= 0.3 is 0 Å². The molecule has 0 aliphatic rings. The molecule has 0 aliphatic carbocycles. The van der Waals surface area contributed by atoms with Gasteiger partial charge in [0, 0.05) is 19.2 Å². The van der Waals surface area contributed by atoms with Crippen molar-refractivity contribution in [1.29, 1.82) is 0 Å². The zero-order valence-corrected chi connectivity index (χ0v) is 15.5. The fourth-order valence-electron chi connectivity index (χ4n) is 2.27. The van der Waals surface area contributed by atoms with Crippen molar-refractivity contribution in [1.82, 2.24) is 25.4 Å². The maximum Gasteiger partial charge on any atom is 0.239 e. The second-order valence-electron chi connectivity index (χ2n) is 5.57. The maximum absolute atomic E-state index is 11.9. The number of carbonyl (C=O) groups is 2. The molecule has 0 unspecified atom stereocenters. The van der Waals surface area contributed by atoms with Crippen LogP contribution in [0.5, 0.6) is 0 Å². The summed E-state index contributed by atoms with van der Waals surface area (Å²) in [5.41, 5.74) is 2.17. The molecule has 0 fully saturated rings. The molecular formula is C17H23N5O2S. The fourth-order valence-corrected chi connectivity index (χ4v) is 3.06. The van der Waals surface area contributed by atoms with Crippen molar-refractivity contribution in [3.8, 4) is 11.4 Å². The van der Waals surface area contributed by atoms with E-state index in [1.165, 1.54) is 18.8 Å². The molecule has 2 aromatic rings. The number of aryl methyl sites for hydroxylation is 1. The molecule has 1 heterocycles. The highest BCUT2D eigenvalue weighted by Gasteiger charge is 2.15. The number of carbonyl (C=O) groups excluding carboxylic acids is 2. The number of likely N-dealkylation sites (N-methyl/N-ethyl adjacent to an activating group) is 1. The van der Waals surface area contributed by atoms with Crippen LogP contribution in [0.2, 0.25) is 0 Å². The highest BCUT2D eigenvalue weighted by Crippen LogP contribution is 2.24. The lowest BCUT2D eigenvalue weighted by molar-refractivity contribution is -0.124. The van der Waals surface area contributed by atoms with Crippen molar-refractivity contribution < 1.29 is 9.59 Å². The van der Waals surface area contributed by atoms with E-state index in [1.54, 1.807) is 0 Å². The van der Waals surface area contributed by atoms with Crippen molar-refractivity contribution in [2.24, 2.45) is 0 Å². The monoisotopic (exact) mass is 361 g/mol. The van der Waals surface area contributed by atoms with Gasteiger partial charge in [-0.15, -0.1) is 10.2 Å². The molecule has 1 aromatic carbocycles. The van der Waals surface area contributed by atoms with Gasteiger partial charge in [-0.3, -0.25) is 9.59 Å². The van der Waals surface area contributed by atoms with Crippen LogP contribution in [0.15, 0.2) is 29.4 Å². The largest absolute Gasteiger partial charge is 0.358 e. The van der Waals surface area contributed by atoms with E-state index in [0.29, 0.717) is 5.16 Å². The van der Waals surface area contributed by atoms with E-state index >= 15 is 0 Å². The summed E-state index contributed by atoms with van der Waals surface area (Å²) in [5.74, 6) is 0.553. The fraction of sp³-hybridized carbons (Fsp3) is 0.412. The molecule has 1 aromatic heterocycles. The van der Waals surface area contributed by atoms with Gasteiger partial charge in [-0.2, -0.15) is 0 Å². The molecule has 0 aliphatic heterocycles. The van der Waals surface area contributed by atoms with Crippen LogP contribution in [-0.4, -0.2) is 45.9 Å². The molecule has 0 spiro atoms. The van der Waals surface area contributed by atoms with E-state index < -0.39 is 0 Å². The summed E-state index contributed by atoms with van der Waals surface area (Å²) in [5, 5.41) is 14.3. The van der Waals surface area contributed by atoms with Crippen LogP contribution < -0.4 is 10.6 Å². The van der Waals surface area contributed by atoms with Gasteiger partial charge in [0.2, 0.25) is 11.8 Å². The van der Waals surface area contributed by atoms with E-state index in [2.05, 4.69) is 33.8 Å². The van der Waals surface area contributed by atoms with Gasteiger partial charge in [-0.25, -0.2) is 0 Å². The lowest BCUT2D eigenvalue weighted by atomic mass is 10.1. The summed E-state index contributed by atoms with van der Waals surface area (Å²) in [6, 6.07) is 8.11. The van der Waals surface area contributed by atoms with Gasteiger partial charge in [0.15, 0.2) is 11.0 Å². The van der Waals surface area contributed by atoms with E-state index in [0.717, 1.165) is 29.9 Å². The summed E-state index contributed by atoms with van der Waals surface area (Å²) in [6.07, 6.45) is 0.938. The minimum atomic E-state index is -0.228. The standard InChI is InChI=1S/C17H23N5O2S/c1-4-8-22-16(13-7-5-6-12(2)9-13)20-21-17(22)25-11-15(24)19-10-14(23)18-3/h5-7,9H,4,8,10-11H2,1-3H3,(H,18,23)(H,19,24). The van der Waals surface area contributed by atoms with Gasteiger partial charge in [0.25, 0.3) is 0 Å². The van der Waals surface area contributed by atoms with E-state index in [9.17, 15) is 9.59 Å². The number of hydrogen-bond acceptors (Lipinski definition) is 5. The highest BCUT2D eigenvalue weighted by atomic mass is 32.2. The molecule has 8 heteroatoms. The number of benzene rings is 1. The van der Waals surface area contributed by atoms with Crippen LogP contribution in [0.1, 0.15) is 18.9 Å². The Morgan fingerprint density at radius 2 is 2.04 bits per heavy atom. The topological polar surface area (TPSA) is 88.9 Å². The van der Waals surface area contributed by atoms with Crippen molar-refractivity contribution in [3.05, 3.63) is 29.8 Å². The zero-order valence-electron chi connectivity index (χ0n) is 14.7. The number of nitrogens with one attached hydrogen (secondary N) is 2. The van der Waals surface area contributed by atoms with Crippen LogP contribution in [-0.2, 0) is 16.1 Å². The first-order valence-electron chi connectivity index (χ1n) is 8.15. The molecule has 7 nitrogen and oxygen atoms in total. The average Bonchev–Trinajstić information content (AvgIpc) is 3.01. The van der Waals surface area contributed by atoms with Crippen molar-refractivity contribution in [3.63, 3.8) is 0 Å². The number of nitrogens with zero attached hydrogens (tertiary/aromatic N) is 3. The van der Waals surface area contributed by atoms with Gasteiger partial charge in [0.05, 0.1) is 12.3 Å². The molecule has 0 saturated heterocycles. The quantitative estimate of drug-likeness (QED) is 0.698. The minimum Gasteiger partial charge on any atom is -0.358 e.